The van der Waals surface area contributed by atoms with Gasteiger partial charge in [0.2, 0.25) is 0 Å². The van der Waals surface area contributed by atoms with Crippen LogP contribution in [-0.2, 0) is 9.59 Å². The number of allylic oxidation sites excluding steroid dienone is 2. The number of carboxylic acids is 1. The van der Waals surface area contributed by atoms with E-state index in [1.165, 1.54) is 5.57 Å². The van der Waals surface area contributed by atoms with Gasteiger partial charge in [0.05, 0.1) is 6.10 Å². The molecular weight excluding hydrogens is 352 g/mol. The van der Waals surface area contributed by atoms with Gasteiger partial charge in [-0.1, -0.05) is 25.5 Å². The molecule has 0 aromatic heterocycles. The van der Waals surface area contributed by atoms with Crippen molar-refractivity contribution in [3.63, 3.8) is 0 Å². The quantitative estimate of drug-likeness (QED) is 0.322. The zero-order valence-corrected chi connectivity index (χ0v) is 17.5. The summed E-state index contributed by atoms with van der Waals surface area (Å²) >= 11 is 0. The number of aliphatic hydroxyl groups is 1. The van der Waals surface area contributed by atoms with Crippen LogP contribution in [0.15, 0.2) is 11.6 Å². The normalized spacial score (nSPS) is 27.3. The molecule has 2 aliphatic carbocycles. The number of aliphatic carboxylic acids is 1. The molecule has 28 heavy (non-hydrogen) atoms. The van der Waals surface area contributed by atoms with Crippen LogP contribution in [0.4, 0.5) is 0 Å². The van der Waals surface area contributed by atoms with Crippen LogP contribution >= 0.6 is 0 Å². The molecule has 0 heterocycles. The van der Waals surface area contributed by atoms with E-state index in [1.54, 1.807) is 0 Å². The van der Waals surface area contributed by atoms with Gasteiger partial charge in [0, 0.05) is 31.6 Å². The number of carboxylic acid groups (broad SMARTS) is 1. The summed E-state index contributed by atoms with van der Waals surface area (Å²) in [7, 11) is 0. The van der Waals surface area contributed by atoms with Crippen LogP contribution < -0.4 is 0 Å². The summed E-state index contributed by atoms with van der Waals surface area (Å²) in [6.45, 7) is 4.19. The van der Waals surface area contributed by atoms with E-state index in [0.29, 0.717) is 31.1 Å². The first-order chi connectivity index (χ1) is 13.4. The molecule has 2 N–H and O–H groups in total. The highest BCUT2D eigenvalue weighted by atomic mass is 16.4. The number of hydrogen-bond donors (Lipinski definition) is 2. The lowest BCUT2D eigenvalue weighted by atomic mass is 9.76. The molecule has 0 spiro atoms. The van der Waals surface area contributed by atoms with Crippen molar-refractivity contribution in [1.29, 1.82) is 0 Å². The van der Waals surface area contributed by atoms with Gasteiger partial charge < -0.3 is 10.2 Å². The van der Waals surface area contributed by atoms with Crippen LogP contribution in [-0.4, -0.2) is 28.1 Å². The second kappa shape index (κ2) is 11.4. The van der Waals surface area contributed by atoms with Gasteiger partial charge >= 0.3 is 5.97 Å². The number of hydrogen-bond acceptors (Lipinski definition) is 3. The molecule has 1 unspecified atom stereocenters. The number of aliphatic hydroxyl groups excluding tert-OH is 1. The highest BCUT2D eigenvalue weighted by Crippen LogP contribution is 2.46. The molecule has 4 nitrogen and oxygen atoms in total. The van der Waals surface area contributed by atoms with Crippen LogP contribution in [0, 0.1) is 35.5 Å². The minimum atomic E-state index is -0.732. The van der Waals surface area contributed by atoms with Crippen LogP contribution in [0.5, 0.6) is 0 Å². The van der Waals surface area contributed by atoms with Gasteiger partial charge in [-0.05, 0) is 62.7 Å². The van der Waals surface area contributed by atoms with Crippen LogP contribution in [0.1, 0.15) is 84.5 Å². The molecule has 2 aliphatic rings. The van der Waals surface area contributed by atoms with Gasteiger partial charge in [-0.25, -0.2) is 0 Å². The average molecular weight is 389 g/mol. The van der Waals surface area contributed by atoms with E-state index in [9.17, 15) is 14.7 Å². The van der Waals surface area contributed by atoms with Crippen molar-refractivity contribution >= 4 is 11.8 Å². The van der Waals surface area contributed by atoms with Gasteiger partial charge in [0.15, 0.2) is 0 Å². The fourth-order valence-electron chi connectivity index (χ4n) is 4.79. The van der Waals surface area contributed by atoms with Crippen molar-refractivity contribution in [2.24, 2.45) is 23.7 Å². The summed E-state index contributed by atoms with van der Waals surface area (Å²) in [5, 5.41) is 19.3. The van der Waals surface area contributed by atoms with Gasteiger partial charge in [0.25, 0.3) is 0 Å². The minimum Gasteiger partial charge on any atom is -0.481 e. The lowest BCUT2D eigenvalue weighted by molar-refractivity contribution is -0.137. The predicted molar refractivity (Wildman–Crippen MR) is 111 cm³/mol. The third kappa shape index (κ3) is 6.78. The summed E-state index contributed by atoms with van der Waals surface area (Å²) in [5.41, 5.74) is 1.38. The number of rotatable bonds is 10. The SMILES string of the molecule is CCC#CCC(C)CCC(=O)[C@H]1[C@@H]2CCC(CCCCC(=O)O)=C[C@@H]2C[C@@H]1O. The first-order valence-electron chi connectivity index (χ1n) is 11.0. The predicted octanol–water partition coefficient (Wildman–Crippen LogP) is 4.75. The molecule has 0 saturated heterocycles. The van der Waals surface area contributed by atoms with Crippen molar-refractivity contribution in [2.75, 3.05) is 0 Å². The number of ketones is 1. The molecule has 0 amide bonds. The topological polar surface area (TPSA) is 74.6 Å². The highest BCUT2D eigenvalue weighted by molar-refractivity contribution is 5.82. The van der Waals surface area contributed by atoms with Crippen LogP contribution in [0.2, 0.25) is 0 Å². The van der Waals surface area contributed by atoms with Crippen LogP contribution in [0.25, 0.3) is 0 Å². The minimum absolute atomic E-state index is 0.205. The molecule has 1 saturated carbocycles. The van der Waals surface area contributed by atoms with E-state index in [-0.39, 0.29) is 24.0 Å². The maximum Gasteiger partial charge on any atom is 0.303 e. The molecule has 0 aliphatic heterocycles. The van der Waals surface area contributed by atoms with E-state index in [1.807, 2.05) is 6.92 Å². The third-order valence-electron chi connectivity index (χ3n) is 6.33. The Morgan fingerprint density at radius 2 is 2.04 bits per heavy atom. The Bertz CT molecular complexity index is 624. The molecule has 156 valence electrons. The molecule has 0 aromatic rings. The fourth-order valence-corrected chi connectivity index (χ4v) is 4.79. The van der Waals surface area contributed by atoms with Crippen molar-refractivity contribution < 1.29 is 19.8 Å². The average Bonchev–Trinajstić information content (AvgIpc) is 2.98. The van der Waals surface area contributed by atoms with E-state index >= 15 is 0 Å². The molecule has 0 radical (unpaired) electrons. The molecule has 5 atom stereocenters. The summed E-state index contributed by atoms with van der Waals surface area (Å²) in [6, 6.07) is 0. The Hall–Kier alpha value is -1.60. The largest absolute Gasteiger partial charge is 0.481 e. The second-order valence-electron chi connectivity index (χ2n) is 8.64. The van der Waals surface area contributed by atoms with Crippen molar-refractivity contribution in [2.45, 2.75) is 90.6 Å². The van der Waals surface area contributed by atoms with E-state index < -0.39 is 12.1 Å². The van der Waals surface area contributed by atoms with Gasteiger partial charge in [-0.3, -0.25) is 9.59 Å². The summed E-state index contributed by atoms with van der Waals surface area (Å²) in [6.07, 6.45) is 10.3. The van der Waals surface area contributed by atoms with Crippen LogP contribution in [0.3, 0.4) is 0 Å². The summed E-state index contributed by atoms with van der Waals surface area (Å²) in [4.78, 5) is 23.4. The Morgan fingerprint density at radius 1 is 1.25 bits per heavy atom. The van der Waals surface area contributed by atoms with Gasteiger partial charge in [-0.2, -0.15) is 0 Å². The number of unbranched alkanes of at least 4 members (excludes halogenated alkanes) is 1. The maximum atomic E-state index is 12.8. The van der Waals surface area contributed by atoms with Gasteiger partial charge in [-0.15, -0.1) is 11.8 Å². The molecular formula is C24H36O4. The monoisotopic (exact) mass is 388 g/mol. The number of Topliss-reactive ketones (excluding diaryl/α,β-unsaturated/α-hetero) is 1. The van der Waals surface area contributed by atoms with E-state index in [0.717, 1.165) is 44.9 Å². The lowest BCUT2D eigenvalue weighted by Crippen LogP contribution is -2.30. The van der Waals surface area contributed by atoms with Crippen molar-refractivity contribution in [3.8, 4) is 11.8 Å². The van der Waals surface area contributed by atoms with Crippen molar-refractivity contribution in [3.05, 3.63) is 11.6 Å². The van der Waals surface area contributed by atoms with Crippen molar-refractivity contribution in [1.82, 2.24) is 0 Å². The Kier molecular flexibility index (Phi) is 9.25. The molecule has 0 aromatic carbocycles. The first-order valence-corrected chi connectivity index (χ1v) is 11.0. The first kappa shape index (κ1) is 22.7. The second-order valence-corrected chi connectivity index (χ2v) is 8.64. The standard InChI is InChI=1S/C24H36O4/c1-3-4-5-8-17(2)11-14-21(25)24-20-13-12-18(9-6-7-10-23(27)28)15-19(20)16-22(24)26/h15,17,19-20,22,24,26H,3,6-14,16H2,1-2H3,(H,27,28)/t17?,19-,20-,22+,24-/m1/s1. The van der Waals surface area contributed by atoms with E-state index in [2.05, 4.69) is 24.8 Å². The zero-order chi connectivity index (χ0) is 20.5. The molecule has 1 fully saturated rings. The molecule has 0 bridgehead atoms. The highest BCUT2D eigenvalue weighted by Gasteiger charge is 2.45. The molecule has 2 rings (SSSR count). The van der Waals surface area contributed by atoms with Gasteiger partial charge in [0.1, 0.15) is 5.78 Å². The fraction of sp³-hybridized carbons (Fsp3) is 0.750. The smallest absolute Gasteiger partial charge is 0.303 e. The lowest BCUT2D eigenvalue weighted by Gasteiger charge is -2.28. The Balaban J connectivity index is 1.83. The summed E-state index contributed by atoms with van der Waals surface area (Å²) < 4.78 is 0. The Morgan fingerprint density at radius 3 is 2.75 bits per heavy atom. The number of fused-ring (bicyclic) bond motifs is 1. The van der Waals surface area contributed by atoms with E-state index in [4.69, 9.17) is 5.11 Å². The third-order valence-corrected chi connectivity index (χ3v) is 6.33. The number of carbonyl (C=O) groups excluding carboxylic acids is 1. The maximum absolute atomic E-state index is 12.8. The summed E-state index contributed by atoms with van der Waals surface area (Å²) in [5.74, 6) is 6.54. The zero-order valence-electron chi connectivity index (χ0n) is 17.5. The number of carbonyl (C=O) groups is 2. The molecule has 4 heteroatoms. The Labute approximate surface area is 169 Å².